The molecule has 1 aromatic heterocycles. The second-order valence-electron chi connectivity index (χ2n) is 7.51. The Morgan fingerprint density at radius 2 is 1.74 bits per heavy atom. The van der Waals surface area contributed by atoms with E-state index in [-0.39, 0.29) is 22.3 Å². The highest BCUT2D eigenvalue weighted by atomic mass is 32.2. The largest absolute Gasteiger partial charge is 0.454 e. The fourth-order valence-electron chi connectivity index (χ4n) is 3.00. The number of benzene rings is 1. The molecule has 3 N–H and O–H groups in total. The fourth-order valence-corrected chi connectivity index (χ4v) is 4.33. The van der Waals surface area contributed by atoms with Gasteiger partial charge in [0.1, 0.15) is 5.76 Å². The van der Waals surface area contributed by atoms with Crippen molar-refractivity contribution in [3.63, 3.8) is 0 Å². The van der Waals surface area contributed by atoms with E-state index in [1.807, 2.05) is 13.8 Å². The van der Waals surface area contributed by atoms with Crippen LogP contribution in [0.15, 0.2) is 39.6 Å². The van der Waals surface area contributed by atoms with E-state index in [1.54, 1.807) is 25.1 Å². The Morgan fingerprint density at radius 1 is 1.06 bits per heavy atom. The molecule has 1 aliphatic rings. The first-order valence-corrected chi connectivity index (χ1v) is 11.8. The van der Waals surface area contributed by atoms with Gasteiger partial charge in [0, 0.05) is 11.6 Å². The highest BCUT2D eigenvalue weighted by molar-refractivity contribution is 7.89. The molecular formula is C21H28N4O5S. The fraction of sp³-hybridized carbons (Fsp3) is 0.429. The minimum Gasteiger partial charge on any atom is -0.454 e. The van der Waals surface area contributed by atoms with Crippen molar-refractivity contribution >= 4 is 21.8 Å². The first-order chi connectivity index (χ1) is 14.7. The lowest BCUT2D eigenvalue weighted by Crippen LogP contribution is -2.41. The molecular weight excluding hydrogens is 420 g/mol. The first kappa shape index (κ1) is 23.0. The maximum Gasteiger partial charge on any atom is 0.305 e. The van der Waals surface area contributed by atoms with E-state index in [2.05, 4.69) is 20.5 Å². The van der Waals surface area contributed by atoms with Gasteiger partial charge >= 0.3 is 5.91 Å². The Balaban J connectivity index is 1.63. The zero-order valence-corrected chi connectivity index (χ0v) is 18.7. The first-order valence-electron chi connectivity index (χ1n) is 10.3. The number of aryl methyl sites for hydroxylation is 1. The molecule has 3 rings (SSSR count). The van der Waals surface area contributed by atoms with E-state index in [0.29, 0.717) is 17.9 Å². The highest BCUT2D eigenvalue weighted by Gasteiger charge is 2.28. The summed E-state index contributed by atoms with van der Waals surface area (Å²) in [5.74, 6) is -0.499. The van der Waals surface area contributed by atoms with Crippen LogP contribution in [0.5, 0.6) is 0 Å². The number of hydrogen-bond acceptors (Lipinski definition) is 6. The third-order valence-corrected chi connectivity index (χ3v) is 6.63. The van der Waals surface area contributed by atoms with Crippen molar-refractivity contribution in [1.29, 1.82) is 0 Å². The molecule has 2 amide bonds. The summed E-state index contributed by atoms with van der Waals surface area (Å²) in [6, 6.07) is 7.54. The molecule has 1 fully saturated rings. The van der Waals surface area contributed by atoms with Gasteiger partial charge in [0.2, 0.25) is 10.0 Å². The molecule has 1 aliphatic carbocycles. The number of furan rings is 1. The lowest BCUT2D eigenvalue weighted by Gasteiger charge is -2.15. The van der Waals surface area contributed by atoms with Gasteiger partial charge in [-0.3, -0.25) is 25.3 Å². The van der Waals surface area contributed by atoms with E-state index >= 15 is 0 Å². The molecule has 1 heterocycles. The standard InChI is InChI=1S/C21H28N4O5S/c1-4-25(5-2)13-16-9-11-19(30-16)21(27)23-22-20(26)18-12-17(10-6-14(18)3)31(28,29)24-15-7-8-15/h6,9-12,15,24H,4-5,7-8,13H2,1-3H3,(H,22,26)(H,23,27). The molecule has 0 saturated heterocycles. The molecule has 0 bridgehead atoms. The van der Waals surface area contributed by atoms with E-state index in [0.717, 1.165) is 25.9 Å². The smallest absolute Gasteiger partial charge is 0.305 e. The topological polar surface area (TPSA) is 121 Å². The molecule has 9 nitrogen and oxygen atoms in total. The van der Waals surface area contributed by atoms with Gasteiger partial charge < -0.3 is 4.42 Å². The quantitative estimate of drug-likeness (QED) is 0.504. The van der Waals surface area contributed by atoms with Crippen LogP contribution in [0.25, 0.3) is 0 Å². The molecule has 0 aliphatic heterocycles. The van der Waals surface area contributed by atoms with Crippen LogP contribution < -0.4 is 15.6 Å². The Hall–Kier alpha value is -2.69. The predicted octanol–water partition coefficient (Wildman–Crippen LogP) is 1.95. The van der Waals surface area contributed by atoms with Crippen LogP contribution in [-0.4, -0.2) is 44.3 Å². The van der Waals surface area contributed by atoms with E-state index in [4.69, 9.17) is 4.42 Å². The van der Waals surface area contributed by atoms with Crippen LogP contribution in [0.1, 0.15) is 58.9 Å². The average molecular weight is 449 g/mol. The van der Waals surface area contributed by atoms with Crippen LogP contribution in [0, 0.1) is 6.92 Å². The Labute approximate surface area is 182 Å². The van der Waals surface area contributed by atoms with Crippen LogP contribution in [0.4, 0.5) is 0 Å². The Morgan fingerprint density at radius 3 is 2.39 bits per heavy atom. The maximum absolute atomic E-state index is 12.6. The Bertz CT molecular complexity index is 1060. The number of hydrogen-bond donors (Lipinski definition) is 3. The van der Waals surface area contributed by atoms with Crippen molar-refractivity contribution in [3.8, 4) is 0 Å². The third kappa shape index (κ3) is 5.93. The summed E-state index contributed by atoms with van der Waals surface area (Å²) in [6.07, 6.45) is 1.63. The summed E-state index contributed by atoms with van der Waals surface area (Å²) >= 11 is 0. The molecule has 31 heavy (non-hydrogen) atoms. The van der Waals surface area contributed by atoms with Gasteiger partial charge in [-0.05, 0) is 62.7 Å². The average Bonchev–Trinajstić information content (AvgIpc) is 3.42. The minimum atomic E-state index is -3.69. The van der Waals surface area contributed by atoms with Crippen molar-refractivity contribution in [2.24, 2.45) is 0 Å². The van der Waals surface area contributed by atoms with Gasteiger partial charge in [-0.2, -0.15) is 0 Å². The van der Waals surface area contributed by atoms with Crippen LogP contribution in [-0.2, 0) is 16.6 Å². The molecule has 168 valence electrons. The molecule has 1 aromatic carbocycles. The number of sulfonamides is 1. The van der Waals surface area contributed by atoms with Crippen LogP contribution in [0.3, 0.4) is 0 Å². The van der Waals surface area contributed by atoms with Gasteiger partial charge in [-0.15, -0.1) is 0 Å². The number of nitrogens with one attached hydrogen (secondary N) is 3. The summed E-state index contributed by atoms with van der Waals surface area (Å²) in [4.78, 5) is 27.0. The van der Waals surface area contributed by atoms with Gasteiger partial charge in [0.25, 0.3) is 5.91 Å². The third-order valence-electron chi connectivity index (χ3n) is 5.11. The second kappa shape index (κ2) is 9.63. The number of hydrazine groups is 1. The summed E-state index contributed by atoms with van der Waals surface area (Å²) in [5, 5.41) is 0. The number of carbonyl (C=O) groups excluding carboxylic acids is 2. The lowest BCUT2D eigenvalue weighted by molar-refractivity contribution is 0.0828. The maximum atomic E-state index is 12.6. The molecule has 10 heteroatoms. The van der Waals surface area contributed by atoms with Gasteiger partial charge in [0.15, 0.2) is 5.76 Å². The Kier molecular flexibility index (Phi) is 7.14. The highest BCUT2D eigenvalue weighted by Crippen LogP contribution is 2.23. The van der Waals surface area contributed by atoms with Gasteiger partial charge in [-0.1, -0.05) is 19.9 Å². The van der Waals surface area contributed by atoms with Crippen molar-refractivity contribution < 1.29 is 22.4 Å². The van der Waals surface area contributed by atoms with E-state index < -0.39 is 21.8 Å². The summed E-state index contributed by atoms with van der Waals surface area (Å²) in [7, 11) is -3.69. The summed E-state index contributed by atoms with van der Waals surface area (Å²) < 4.78 is 33.0. The predicted molar refractivity (Wildman–Crippen MR) is 115 cm³/mol. The van der Waals surface area contributed by atoms with Crippen LogP contribution in [0.2, 0.25) is 0 Å². The number of rotatable bonds is 9. The van der Waals surface area contributed by atoms with Crippen molar-refractivity contribution in [3.05, 3.63) is 53.0 Å². The molecule has 1 saturated carbocycles. The second-order valence-corrected chi connectivity index (χ2v) is 9.22. The molecule has 0 spiro atoms. The zero-order chi connectivity index (χ0) is 22.6. The number of amides is 2. The number of carbonyl (C=O) groups is 2. The summed E-state index contributed by atoms with van der Waals surface area (Å²) in [5.41, 5.74) is 5.36. The molecule has 0 atom stereocenters. The van der Waals surface area contributed by atoms with Crippen LogP contribution >= 0.6 is 0 Å². The van der Waals surface area contributed by atoms with Crippen molar-refractivity contribution in [1.82, 2.24) is 20.5 Å². The summed E-state index contributed by atoms with van der Waals surface area (Å²) in [6.45, 7) is 8.08. The monoisotopic (exact) mass is 448 g/mol. The minimum absolute atomic E-state index is 0.00792. The van der Waals surface area contributed by atoms with E-state index in [9.17, 15) is 18.0 Å². The van der Waals surface area contributed by atoms with Crippen molar-refractivity contribution in [2.45, 2.75) is 51.1 Å². The molecule has 0 radical (unpaired) electrons. The van der Waals surface area contributed by atoms with E-state index in [1.165, 1.54) is 12.1 Å². The lowest BCUT2D eigenvalue weighted by atomic mass is 10.1. The number of nitrogens with zero attached hydrogens (tertiary/aromatic N) is 1. The SMILES string of the molecule is CCN(CC)Cc1ccc(C(=O)NNC(=O)c2cc(S(=O)(=O)NC3CC3)ccc2C)o1. The molecule has 0 unspecified atom stereocenters. The molecule has 2 aromatic rings. The van der Waals surface area contributed by atoms with Gasteiger partial charge in [-0.25, -0.2) is 13.1 Å². The zero-order valence-electron chi connectivity index (χ0n) is 17.9. The van der Waals surface area contributed by atoms with Gasteiger partial charge in [0.05, 0.1) is 11.4 Å². The normalized spacial score (nSPS) is 13.9. The van der Waals surface area contributed by atoms with Crippen molar-refractivity contribution in [2.75, 3.05) is 13.1 Å².